The molecule has 0 unspecified atom stereocenters. The molecule has 0 saturated carbocycles. The van der Waals surface area contributed by atoms with E-state index in [9.17, 15) is 9.59 Å². The van der Waals surface area contributed by atoms with Gasteiger partial charge in [0.2, 0.25) is 0 Å². The summed E-state index contributed by atoms with van der Waals surface area (Å²) in [6, 6.07) is 10.1. The molecule has 132 valence electrons. The minimum Gasteiger partial charge on any atom is -0.490 e. The number of ether oxygens (including phenoxy) is 3. The number of benzene rings is 2. The van der Waals surface area contributed by atoms with Crippen LogP contribution in [0.4, 0.5) is 0 Å². The molecule has 2 heterocycles. The fraction of sp³-hybridized carbons (Fsp3) is 0.211. The number of carbonyl (C=O) groups is 2. The molecule has 0 radical (unpaired) electrons. The summed E-state index contributed by atoms with van der Waals surface area (Å²) in [5.74, 6) is 0.320. The van der Waals surface area contributed by atoms with E-state index in [1.807, 2.05) is 0 Å². The van der Waals surface area contributed by atoms with Crippen molar-refractivity contribution in [1.29, 1.82) is 0 Å². The first-order chi connectivity index (χ1) is 12.7. The van der Waals surface area contributed by atoms with Gasteiger partial charge in [-0.05, 0) is 36.4 Å². The number of carbonyl (C=O) groups excluding carboxylic acids is 2. The van der Waals surface area contributed by atoms with Crippen molar-refractivity contribution in [3.63, 3.8) is 0 Å². The standard InChI is InChI=1S/C19H15NO5S/c21-15(12-3-5-16-17(8-12)24-7-1-6-23-16)10-25-19(22)13-2-4-14-18(9-13)26-11-20-14/h2-5,8-9,11H,1,6-7,10H2. The van der Waals surface area contributed by atoms with Crippen LogP contribution in [0.15, 0.2) is 41.9 Å². The van der Waals surface area contributed by atoms with Crippen LogP contribution in [0.1, 0.15) is 27.1 Å². The Morgan fingerprint density at radius 2 is 1.85 bits per heavy atom. The molecule has 4 rings (SSSR count). The molecule has 2 aromatic carbocycles. The molecule has 0 atom stereocenters. The highest BCUT2D eigenvalue weighted by Gasteiger charge is 2.16. The molecule has 0 N–H and O–H groups in total. The van der Waals surface area contributed by atoms with E-state index in [0.717, 1.165) is 16.6 Å². The molecule has 1 aromatic heterocycles. The lowest BCUT2D eigenvalue weighted by molar-refractivity contribution is 0.0475. The predicted molar refractivity (Wildman–Crippen MR) is 96.3 cm³/mol. The lowest BCUT2D eigenvalue weighted by atomic mass is 10.1. The first-order valence-electron chi connectivity index (χ1n) is 8.14. The van der Waals surface area contributed by atoms with Gasteiger partial charge in [-0.3, -0.25) is 4.79 Å². The van der Waals surface area contributed by atoms with Crippen LogP contribution in [-0.4, -0.2) is 36.6 Å². The van der Waals surface area contributed by atoms with E-state index in [-0.39, 0.29) is 12.4 Å². The third kappa shape index (κ3) is 3.39. The molecule has 1 aliphatic heterocycles. The van der Waals surface area contributed by atoms with E-state index in [4.69, 9.17) is 14.2 Å². The average molecular weight is 369 g/mol. The number of nitrogens with zero attached hydrogens (tertiary/aromatic N) is 1. The highest BCUT2D eigenvalue weighted by molar-refractivity contribution is 7.16. The van der Waals surface area contributed by atoms with Crippen LogP contribution in [0, 0.1) is 0 Å². The monoisotopic (exact) mass is 369 g/mol. The number of thiazole rings is 1. The molecule has 0 spiro atoms. The van der Waals surface area contributed by atoms with Crippen molar-refractivity contribution in [3.05, 3.63) is 53.0 Å². The van der Waals surface area contributed by atoms with Crippen molar-refractivity contribution in [1.82, 2.24) is 4.98 Å². The van der Waals surface area contributed by atoms with Crippen LogP contribution in [0.2, 0.25) is 0 Å². The highest BCUT2D eigenvalue weighted by atomic mass is 32.1. The molecule has 0 saturated heterocycles. The van der Waals surface area contributed by atoms with Crippen LogP contribution >= 0.6 is 11.3 Å². The zero-order valence-electron chi connectivity index (χ0n) is 13.8. The molecule has 0 fully saturated rings. The number of hydrogen-bond donors (Lipinski definition) is 0. The summed E-state index contributed by atoms with van der Waals surface area (Å²) in [5.41, 5.74) is 3.36. The van der Waals surface area contributed by atoms with Gasteiger partial charge in [0.25, 0.3) is 0 Å². The number of ketones is 1. The molecule has 3 aromatic rings. The fourth-order valence-electron chi connectivity index (χ4n) is 2.62. The molecule has 26 heavy (non-hydrogen) atoms. The number of aromatic nitrogens is 1. The van der Waals surface area contributed by atoms with Gasteiger partial charge >= 0.3 is 5.97 Å². The van der Waals surface area contributed by atoms with Gasteiger partial charge < -0.3 is 14.2 Å². The van der Waals surface area contributed by atoms with E-state index >= 15 is 0 Å². The zero-order chi connectivity index (χ0) is 17.9. The maximum Gasteiger partial charge on any atom is 0.338 e. The normalized spacial score (nSPS) is 13.2. The molecule has 6 nitrogen and oxygen atoms in total. The summed E-state index contributed by atoms with van der Waals surface area (Å²) in [6.07, 6.45) is 0.791. The van der Waals surface area contributed by atoms with E-state index < -0.39 is 5.97 Å². The highest BCUT2D eigenvalue weighted by Crippen LogP contribution is 2.30. The second kappa shape index (κ2) is 7.13. The number of esters is 1. The third-order valence-electron chi connectivity index (χ3n) is 3.97. The summed E-state index contributed by atoms with van der Waals surface area (Å²) < 4.78 is 17.2. The van der Waals surface area contributed by atoms with Crippen LogP contribution in [0.25, 0.3) is 10.2 Å². The molecule has 0 bridgehead atoms. The molecule has 1 aliphatic rings. The Morgan fingerprint density at radius 3 is 2.73 bits per heavy atom. The first-order valence-corrected chi connectivity index (χ1v) is 9.02. The minimum absolute atomic E-state index is 0.298. The number of fused-ring (bicyclic) bond motifs is 2. The van der Waals surface area contributed by atoms with E-state index in [1.165, 1.54) is 11.3 Å². The summed E-state index contributed by atoms with van der Waals surface area (Å²) in [6.45, 7) is 0.793. The van der Waals surface area contributed by atoms with Gasteiger partial charge in [0.1, 0.15) is 0 Å². The Hall–Kier alpha value is -2.93. The van der Waals surface area contributed by atoms with Gasteiger partial charge in [-0.1, -0.05) is 0 Å². The molecule has 0 amide bonds. The topological polar surface area (TPSA) is 74.7 Å². The van der Waals surface area contributed by atoms with Gasteiger partial charge in [0.05, 0.1) is 34.5 Å². The van der Waals surface area contributed by atoms with Crippen molar-refractivity contribution in [2.24, 2.45) is 0 Å². The smallest absolute Gasteiger partial charge is 0.338 e. The second-order valence-electron chi connectivity index (χ2n) is 5.75. The summed E-state index contributed by atoms with van der Waals surface area (Å²) in [5, 5.41) is 0. The van der Waals surface area contributed by atoms with Crippen LogP contribution in [-0.2, 0) is 4.74 Å². The lowest BCUT2D eigenvalue weighted by Crippen LogP contribution is -2.14. The first kappa shape index (κ1) is 16.5. The van der Waals surface area contributed by atoms with Crippen molar-refractivity contribution in [3.8, 4) is 11.5 Å². The van der Waals surface area contributed by atoms with Crippen molar-refractivity contribution >= 4 is 33.3 Å². The summed E-state index contributed by atoms with van der Waals surface area (Å²) in [7, 11) is 0. The maximum atomic E-state index is 12.3. The Balaban J connectivity index is 1.43. The Bertz CT molecular complexity index is 981. The van der Waals surface area contributed by atoms with Gasteiger partial charge in [0, 0.05) is 12.0 Å². The summed E-state index contributed by atoms with van der Waals surface area (Å²) in [4.78, 5) is 28.7. The number of rotatable bonds is 4. The van der Waals surface area contributed by atoms with E-state index in [2.05, 4.69) is 4.98 Å². The van der Waals surface area contributed by atoms with Crippen molar-refractivity contribution < 1.29 is 23.8 Å². The fourth-order valence-corrected chi connectivity index (χ4v) is 3.33. The SMILES string of the molecule is O=C(COC(=O)c1ccc2ncsc2c1)c1ccc2c(c1)OCCCO2. The van der Waals surface area contributed by atoms with Crippen LogP contribution in [0.5, 0.6) is 11.5 Å². The molecular weight excluding hydrogens is 354 g/mol. The predicted octanol–water partition coefficient (Wildman–Crippen LogP) is 3.50. The van der Waals surface area contributed by atoms with E-state index in [1.54, 1.807) is 41.9 Å². The van der Waals surface area contributed by atoms with Crippen molar-refractivity contribution in [2.45, 2.75) is 6.42 Å². The Morgan fingerprint density at radius 1 is 1.04 bits per heavy atom. The number of hydrogen-bond acceptors (Lipinski definition) is 7. The Labute approximate surface area is 153 Å². The second-order valence-corrected chi connectivity index (χ2v) is 6.63. The van der Waals surface area contributed by atoms with E-state index in [0.29, 0.717) is 35.8 Å². The molecule has 0 aliphatic carbocycles. The minimum atomic E-state index is -0.539. The lowest BCUT2D eigenvalue weighted by Gasteiger charge is -2.09. The molecular formula is C19H15NO5S. The van der Waals surface area contributed by atoms with Crippen LogP contribution < -0.4 is 9.47 Å². The van der Waals surface area contributed by atoms with Crippen LogP contribution in [0.3, 0.4) is 0 Å². The van der Waals surface area contributed by atoms with Gasteiger partial charge in [0.15, 0.2) is 23.9 Å². The van der Waals surface area contributed by atoms with Gasteiger partial charge in [-0.15, -0.1) is 11.3 Å². The van der Waals surface area contributed by atoms with Crippen molar-refractivity contribution in [2.75, 3.05) is 19.8 Å². The molecule has 7 heteroatoms. The van der Waals surface area contributed by atoms with Gasteiger partial charge in [-0.2, -0.15) is 0 Å². The average Bonchev–Trinajstić information content (AvgIpc) is 3.01. The van der Waals surface area contributed by atoms with Gasteiger partial charge in [-0.25, -0.2) is 9.78 Å². The zero-order valence-corrected chi connectivity index (χ0v) is 14.6. The summed E-state index contributed by atoms with van der Waals surface area (Å²) >= 11 is 1.44. The largest absolute Gasteiger partial charge is 0.490 e. The maximum absolute atomic E-state index is 12.3. The Kier molecular flexibility index (Phi) is 4.53. The third-order valence-corrected chi connectivity index (χ3v) is 4.76. The number of Topliss-reactive ketones (excluding diaryl/α,β-unsaturated/α-hetero) is 1. The quantitative estimate of drug-likeness (QED) is 0.518.